The summed E-state index contributed by atoms with van der Waals surface area (Å²) < 4.78 is 40.0. The van der Waals surface area contributed by atoms with E-state index in [-0.39, 0.29) is 23.9 Å². The normalized spacial score (nSPS) is 15.2. The maximum absolute atomic E-state index is 12.8. The van der Waals surface area contributed by atoms with Crippen LogP contribution in [0.15, 0.2) is 18.2 Å². The van der Waals surface area contributed by atoms with Crippen LogP contribution in [0.3, 0.4) is 0 Å². The fourth-order valence-electron chi connectivity index (χ4n) is 2.46. The van der Waals surface area contributed by atoms with Crippen LogP contribution in [0.1, 0.15) is 24.2 Å². The second-order valence-electron chi connectivity index (χ2n) is 5.79. The lowest BCUT2D eigenvalue weighted by atomic mass is 10.2. The Hall–Kier alpha value is -2.09. The van der Waals surface area contributed by atoms with Gasteiger partial charge in [0.1, 0.15) is 5.82 Å². The zero-order chi connectivity index (χ0) is 16.8. The highest BCUT2D eigenvalue weighted by Crippen LogP contribution is 2.31. The number of alkyl halides is 3. The molecule has 0 atom stereocenters. The third kappa shape index (κ3) is 3.17. The Labute approximate surface area is 131 Å². The topological polar surface area (TPSA) is 50.2 Å². The number of hydrogen-bond acceptors (Lipinski definition) is 3. The largest absolute Gasteiger partial charge is 0.416 e. The van der Waals surface area contributed by atoms with Gasteiger partial charge in [-0.2, -0.15) is 13.2 Å². The third-order valence-electron chi connectivity index (χ3n) is 4.03. The van der Waals surface area contributed by atoms with Crippen molar-refractivity contribution < 1.29 is 18.0 Å². The van der Waals surface area contributed by atoms with Crippen molar-refractivity contribution in [2.24, 2.45) is 13.0 Å². The monoisotopic (exact) mass is 326 g/mol. The van der Waals surface area contributed by atoms with E-state index in [4.69, 9.17) is 0 Å². The van der Waals surface area contributed by atoms with Crippen molar-refractivity contribution >= 4 is 16.9 Å². The summed E-state index contributed by atoms with van der Waals surface area (Å²) in [5.74, 6) is 0.695. The minimum atomic E-state index is -4.39. The first-order valence-corrected chi connectivity index (χ1v) is 7.31. The number of rotatable bonds is 4. The van der Waals surface area contributed by atoms with Crippen LogP contribution in [-0.4, -0.2) is 27.5 Å². The number of hydrogen-bond donors (Lipinski definition) is 1. The SMILES string of the molecule is CN(NCc1nc2cc(C(F)(F)F)ccc2n1C)C(=O)C1CC1. The molecule has 8 heteroatoms. The van der Waals surface area contributed by atoms with Crippen molar-refractivity contribution in [3.8, 4) is 0 Å². The first-order chi connectivity index (χ1) is 10.8. The highest BCUT2D eigenvalue weighted by molar-refractivity contribution is 5.80. The first-order valence-electron chi connectivity index (χ1n) is 7.31. The van der Waals surface area contributed by atoms with Crippen molar-refractivity contribution in [1.82, 2.24) is 20.0 Å². The van der Waals surface area contributed by atoms with Crippen LogP contribution in [0, 0.1) is 5.92 Å². The Bertz CT molecular complexity index is 749. The average Bonchev–Trinajstić information content (AvgIpc) is 3.29. The first kappa shape index (κ1) is 15.8. The van der Waals surface area contributed by atoms with E-state index < -0.39 is 11.7 Å². The molecule has 23 heavy (non-hydrogen) atoms. The van der Waals surface area contributed by atoms with Gasteiger partial charge in [0.2, 0.25) is 5.91 Å². The van der Waals surface area contributed by atoms with Crippen molar-refractivity contribution in [3.63, 3.8) is 0 Å². The Morgan fingerprint density at radius 3 is 2.74 bits per heavy atom. The molecule has 1 N–H and O–H groups in total. The molecule has 3 rings (SSSR count). The average molecular weight is 326 g/mol. The van der Waals surface area contributed by atoms with Crippen LogP contribution in [0.2, 0.25) is 0 Å². The van der Waals surface area contributed by atoms with E-state index in [1.807, 2.05) is 0 Å². The predicted octanol–water partition coefficient (Wildman–Crippen LogP) is 2.47. The number of aromatic nitrogens is 2. The number of benzene rings is 1. The standard InChI is InChI=1S/C15H17F3N4O/c1-21-12-6-5-10(15(16,17)18)7-11(12)20-13(21)8-19-22(2)14(23)9-3-4-9/h5-7,9,19H,3-4,8H2,1-2H3. The van der Waals surface area contributed by atoms with E-state index in [0.29, 0.717) is 11.3 Å². The fourth-order valence-corrected chi connectivity index (χ4v) is 2.46. The number of imidazole rings is 1. The molecule has 1 heterocycles. The van der Waals surface area contributed by atoms with Crippen LogP contribution in [0.25, 0.3) is 11.0 Å². The molecule has 0 spiro atoms. The summed E-state index contributed by atoms with van der Waals surface area (Å²) in [7, 11) is 3.38. The van der Waals surface area contributed by atoms with Crippen molar-refractivity contribution in [2.45, 2.75) is 25.6 Å². The van der Waals surface area contributed by atoms with Crippen molar-refractivity contribution in [2.75, 3.05) is 7.05 Å². The third-order valence-corrected chi connectivity index (χ3v) is 4.03. The molecule has 1 aromatic heterocycles. The molecule has 1 aliphatic rings. The van der Waals surface area contributed by atoms with Gasteiger partial charge >= 0.3 is 6.18 Å². The number of halogens is 3. The van der Waals surface area contributed by atoms with Crippen molar-refractivity contribution in [1.29, 1.82) is 0 Å². The Morgan fingerprint density at radius 2 is 2.13 bits per heavy atom. The predicted molar refractivity (Wildman–Crippen MR) is 78.0 cm³/mol. The molecule has 2 aromatic rings. The second-order valence-corrected chi connectivity index (χ2v) is 5.79. The molecule has 1 aliphatic carbocycles. The summed E-state index contributed by atoms with van der Waals surface area (Å²) in [5.41, 5.74) is 3.13. The number of nitrogens with one attached hydrogen (secondary N) is 1. The Morgan fingerprint density at radius 1 is 1.43 bits per heavy atom. The zero-order valence-electron chi connectivity index (χ0n) is 12.8. The van der Waals surface area contributed by atoms with E-state index in [9.17, 15) is 18.0 Å². The van der Waals surface area contributed by atoms with Gasteiger partial charge in [-0.15, -0.1) is 0 Å². The summed E-state index contributed by atoms with van der Waals surface area (Å²) in [5, 5.41) is 1.43. The van der Waals surface area contributed by atoms with Gasteiger partial charge in [-0.25, -0.2) is 10.4 Å². The quantitative estimate of drug-likeness (QED) is 0.878. The number of fused-ring (bicyclic) bond motifs is 1. The summed E-state index contributed by atoms with van der Waals surface area (Å²) in [6, 6.07) is 3.50. The van der Waals surface area contributed by atoms with Crippen molar-refractivity contribution in [3.05, 3.63) is 29.6 Å². The summed E-state index contributed by atoms with van der Waals surface area (Å²) in [6.45, 7) is 0.265. The molecule has 5 nitrogen and oxygen atoms in total. The zero-order valence-corrected chi connectivity index (χ0v) is 12.8. The summed E-state index contributed by atoms with van der Waals surface area (Å²) in [6.07, 6.45) is -2.56. The number of amides is 1. The van der Waals surface area contributed by atoms with E-state index in [2.05, 4.69) is 10.4 Å². The molecular weight excluding hydrogens is 309 g/mol. The lowest BCUT2D eigenvalue weighted by Crippen LogP contribution is -2.40. The maximum atomic E-state index is 12.8. The van der Waals surface area contributed by atoms with Crippen LogP contribution in [0.5, 0.6) is 0 Å². The van der Waals surface area contributed by atoms with Gasteiger partial charge in [-0.05, 0) is 31.0 Å². The van der Waals surface area contributed by atoms with E-state index in [1.165, 1.54) is 11.1 Å². The number of aryl methyl sites for hydroxylation is 1. The van der Waals surface area contributed by atoms with Crippen LogP contribution >= 0.6 is 0 Å². The molecule has 0 unspecified atom stereocenters. The second kappa shape index (κ2) is 5.52. The molecule has 124 valence electrons. The molecule has 0 bridgehead atoms. The van der Waals surface area contributed by atoms with Gasteiger partial charge in [0.25, 0.3) is 0 Å². The number of carbonyl (C=O) groups excluding carboxylic acids is 1. The lowest BCUT2D eigenvalue weighted by molar-refractivity contribution is -0.137. The fraction of sp³-hybridized carbons (Fsp3) is 0.467. The Kier molecular flexibility index (Phi) is 3.79. The van der Waals surface area contributed by atoms with Crippen LogP contribution in [-0.2, 0) is 24.6 Å². The number of carbonyl (C=O) groups is 1. The molecule has 0 aliphatic heterocycles. The molecule has 1 fully saturated rings. The van der Waals surface area contributed by atoms with Gasteiger partial charge in [0.05, 0.1) is 23.1 Å². The smallest absolute Gasteiger partial charge is 0.330 e. The van der Waals surface area contributed by atoms with Gasteiger partial charge in [0.15, 0.2) is 0 Å². The highest BCUT2D eigenvalue weighted by atomic mass is 19.4. The highest BCUT2D eigenvalue weighted by Gasteiger charge is 2.32. The molecule has 1 saturated carbocycles. The molecule has 0 radical (unpaired) electrons. The molecule has 1 aromatic carbocycles. The van der Waals surface area contributed by atoms with Crippen LogP contribution in [0.4, 0.5) is 13.2 Å². The molecule has 0 saturated heterocycles. The van der Waals surface area contributed by atoms with Gasteiger partial charge < -0.3 is 4.57 Å². The van der Waals surface area contributed by atoms with E-state index in [1.54, 1.807) is 18.7 Å². The lowest BCUT2D eigenvalue weighted by Gasteiger charge is -2.17. The minimum absolute atomic E-state index is 0.0307. The maximum Gasteiger partial charge on any atom is 0.416 e. The van der Waals surface area contributed by atoms with Gasteiger partial charge in [-0.3, -0.25) is 9.80 Å². The molecule has 1 amide bonds. The van der Waals surface area contributed by atoms with E-state index >= 15 is 0 Å². The Balaban J connectivity index is 1.78. The number of hydrazine groups is 1. The minimum Gasteiger partial charge on any atom is -0.330 e. The van der Waals surface area contributed by atoms with Crippen LogP contribution < -0.4 is 5.43 Å². The molecular formula is C15H17F3N4O. The van der Waals surface area contributed by atoms with E-state index in [0.717, 1.165) is 25.0 Å². The summed E-state index contributed by atoms with van der Waals surface area (Å²) >= 11 is 0. The van der Waals surface area contributed by atoms with Gasteiger partial charge in [0, 0.05) is 20.0 Å². The number of nitrogens with zero attached hydrogens (tertiary/aromatic N) is 3. The summed E-state index contributed by atoms with van der Waals surface area (Å²) in [4.78, 5) is 16.1. The van der Waals surface area contributed by atoms with Gasteiger partial charge in [-0.1, -0.05) is 0 Å².